The molecule has 2 rings (SSSR count). The number of amides is 1. The van der Waals surface area contributed by atoms with Crippen molar-refractivity contribution in [1.29, 1.82) is 0 Å². The molecule has 8 heteroatoms. The number of carbonyl (C=O) groups excluding carboxylic acids is 2. The summed E-state index contributed by atoms with van der Waals surface area (Å²) in [6, 6.07) is 13.4. The molecule has 2 aromatic carbocycles. The molecule has 0 aliphatic carbocycles. The van der Waals surface area contributed by atoms with Crippen LogP contribution in [0.5, 0.6) is 5.75 Å². The Kier molecular flexibility index (Phi) is 7.30. The molecule has 1 N–H and O–H groups in total. The van der Waals surface area contributed by atoms with E-state index in [1.807, 2.05) is 30.3 Å². The zero-order chi connectivity index (χ0) is 19.6. The molecule has 27 heavy (non-hydrogen) atoms. The van der Waals surface area contributed by atoms with Crippen LogP contribution in [0.1, 0.15) is 22.8 Å². The second-order valence-corrected chi connectivity index (χ2v) is 5.53. The third kappa shape index (κ3) is 6.10. The van der Waals surface area contributed by atoms with Crippen molar-refractivity contribution in [3.63, 3.8) is 0 Å². The standard InChI is InChI=1S/C19H20N2O6/c1-2-26-17-9-8-15(12-16(17)21(24)25)19(23)27-13-18(22)20-11-10-14-6-4-3-5-7-14/h3-9,12H,2,10-11,13H2,1H3,(H,20,22). The molecular formula is C19H20N2O6. The van der Waals surface area contributed by atoms with Gasteiger partial charge in [-0.1, -0.05) is 30.3 Å². The lowest BCUT2D eigenvalue weighted by atomic mass is 10.1. The zero-order valence-electron chi connectivity index (χ0n) is 14.8. The van der Waals surface area contributed by atoms with Crippen LogP contribution in [0.4, 0.5) is 5.69 Å². The molecule has 8 nitrogen and oxygen atoms in total. The van der Waals surface area contributed by atoms with Crippen molar-refractivity contribution in [2.45, 2.75) is 13.3 Å². The highest BCUT2D eigenvalue weighted by Crippen LogP contribution is 2.28. The highest BCUT2D eigenvalue weighted by molar-refractivity contribution is 5.92. The van der Waals surface area contributed by atoms with Crippen LogP contribution in [0, 0.1) is 10.1 Å². The Hall–Kier alpha value is -3.42. The number of hydrogen-bond acceptors (Lipinski definition) is 6. The van der Waals surface area contributed by atoms with Crippen LogP contribution >= 0.6 is 0 Å². The van der Waals surface area contributed by atoms with Crippen molar-refractivity contribution in [3.05, 3.63) is 69.8 Å². The minimum Gasteiger partial charge on any atom is -0.487 e. The van der Waals surface area contributed by atoms with Crippen LogP contribution in [0.25, 0.3) is 0 Å². The van der Waals surface area contributed by atoms with E-state index in [9.17, 15) is 19.7 Å². The number of benzene rings is 2. The molecule has 0 saturated carbocycles. The fraction of sp³-hybridized carbons (Fsp3) is 0.263. The van der Waals surface area contributed by atoms with Crippen molar-refractivity contribution in [2.75, 3.05) is 19.8 Å². The number of nitro benzene ring substituents is 1. The van der Waals surface area contributed by atoms with Gasteiger partial charge in [-0.15, -0.1) is 0 Å². The lowest BCUT2D eigenvalue weighted by Crippen LogP contribution is -2.30. The maximum atomic E-state index is 12.0. The SMILES string of the molecule is CCOc1ccc(C(=O)OCC(=O)NCCc2ccccc2)cc1[N+](=O)[O-]. The second kappa shape index (κ2) is 9.91. The number of hydrogen-bond donors (Lipinski definition) is 1. The summed E-state index contributed by atoms with van der Waals surface area (Å²) in [6.45, 7) is 1.90. The maximum absolute atomic E-state index is 12.0. The number of nitrogens with one attached hydrogen (secondary N) is 1. The molecule has 0 unspecified atom stereocenters. The average molecular weight is 372 g/mol. The van der Waals surface area contributed by atoms with Crippen molar-refractivity contribution < 1.29 is 24.0 Å². The number of ether oxygens (including phenoxy) is 2. The van der Waals surface area contributed by atoms with E-state index >= 15 is 0 Å². The average Bonchev–Trinajstić information content (AvgIpc) is 2.67. The van der Waals surface area contributed by atoms with Gasteiger partial charge in [0.1, 0.15) is 0 Å². The topological polar surface area (TPSA) is 108 Å². The molecule has 0 spiro atoms. The lowest BCUT2D eigenvalue weighted by Gasteiger charge is -2.08. The molecule has 0 radical (unpaired) electrons. The number of esters is 1. The number of nitrogens with zero attached hydrogens (tertiary/aromatic N) is 1. The molecule has 2 aromatic rings. The largest absolute Gasteiger partial charge is 0.487 e. The smallest absolute Gasteiger partial charge is 0.338 e. The Morgan fingerprint density at radius 1 is 1.15 bits per heavy atom. The van der Waals surface area contributed by atoms with Crippen molar-refractivity contribution in [3.8, 4) is 5.75 Å². The normalized spacial score (nSPS) is 10.1. The van der Waals surface area contributed by atoms with Crippen molar-refractivity contribution in [1.82, 2.24) is 5.32 Å². The summed E-state index contributed by atoms with van der Waals surface area (Å²) in [4.78, 5) is 34.2. The van der Waals surface area contributed by atoms with E-state index in [0.717, 1.165) is 11.6 Å². The van der Waals surface area contributed by atoms with E-state index in [4.69, 9.17) is 9.47 Å². The molecule has 1 amide bonds. The predicted octanol–water partition coefficient (Wildman–Crippen LogP) is 2.51. The first-order chi connectivity index (χ1) is 13.0. The Balaban J connectivity index is 1.84. The fourth-order valence-electron chi connectivity index (χ4n) is 2.32. The Labute approximate surface area is 156 Å². The van der Waals surface area contributed by atoms with Gasteiger partial charge in [-0.3, -0.25) is 14.9 Å². The van der Waals surface area contributed by atoms with E-state index in [0.29, 0.717) is 13.0 Å². The third-order valence-corrected chi connectivity index (χ3v) is 3.60. The summed E-state index contributed by atoms with van der Waals surface area (Å²) in [7, 11) is 0. The molecule has 0 bridgehead atoms. The highest BCUT2D eigenvalue weighted by atomic mass is 16.6. The van der Waals surface area contributed by atoms with Gasteiger partial charge in [-0.05, 0) is 31.0 Å². The van der Waals surface area contributed by atoms with Gasteiger partial charge in [0.25, 0.3) is 5.91 Å². The second-order valence-electron chi connectivity index (χ2n) is 5.53. The van der Waals surface area contributed by atoms with E-state index in [-0.39, 0.29) is 23.6 Å². The molecule has 0 aliphatic heterocycles. The minimum absolute atomic E-state index is 0.0257. The molecule has 0 aromatic heterocycles. The summed E-state index contributed by atoms with van der Waals surface area (Å²) in [5, 5.41) is 13.7. The van der Waals surface area contributed by atoms with E-state index in [2.05, 4.69) is 5.32 Å². The molecule has 142 valence electrons. The summed E-state index contributed by atoms with van der Waals surface area (Å²) in [6.07, 6.45) is 0.658. The van der Waals surface area contributed by atoms with Crippen LogP contribution in [0.15, 0.2) is 48.5 Å². The molecule has 0 saturated heterocycles. The number of nitro groups is 1. The van der Waals surface area contributed by atoms with Crippen LogP contribution in [0.3, 0.4) is 0 Å². The molecule has 0 aliphatic rings. The van der Waals surface area contributed by atoms with E-state index < -0.39 is 23.4 Å². The molecule has 0 heterocycles. The first kappa shape index (κ1) is 19.9. The summed E-state index contributed by atoms with van der Waals surface area (Å²) < 4.78 is 10.1. The fourth-order valence-corrected chi connectivity index (χ4v) is 2.32. The van der Waals surface area contributed by atoms with Gasteiger partial charge >= 0.3 is 11.7 Å². The van der Waals surface area contributed by atoms with Gasteiger partial charge < -0.3 is 14.8 Å². The van der Waals surface area contributed by atoms with E-state index in [1.54, 1.807) is 6.92 Å². The van der Waals surface area contributed by atoms with Gasteiger partial charge in [-0.25, -0.2) is 4.79 Å². The third-order valence-electron chi connectivity index (χ3n) is 3.60. The summed E-state index contributed by atoms with van der Waals surface area (Å²) >= 11 is 0. The van der Waals surface area contributed by atoms with Crippen molar-refractivity contribution >= 4 is 17.6 Å². The molecule has 0 fully saturated rings. The van der Waals surface area contributed by atoms with Gasteiger partial charge in [-0.2, -0.15) is 0 Å². The maximum Gasteiger partial charge on any atom is 0.338 e. The van der Waals surface area contributed by atoms with E-state index in [1.165, 1.54) is 12.1 Å². The van der Waals surface area contributed by atoms with Crippen LogP contribution in [0.2, 0.25) is 0 Å². The van der Waals surface area contributed by atoms with Crippen molar-refractivity contribution in [2.24, 2.45) is 0 Å². The van der Waals surface area contributed by atoms with Crippen LogP contribution < -0.4 is 10.1 Å². The summed E-state index contributed by atoms with van der Waals surface area (Å²) in [5.41, 5.74) is 0.720. The Morgan fingerprint density at radius 2 is 1.89 bits per heavy atom. The first-order valence-electron chi connectivity index (χ1n) is 8.40. The van der Waals surface area contributed by atoms with Gasteiger partial charge in [0, 0.05) is 12.6 Å². The molecular weight excluding hydrogens is 352 g/mol. The summed E-state index contributed by atoms with van der Waals surface area (Å²) in [5.74, 6) is -1.20. The number of rotatable bonds is 9. The van der Waals surface area contributed by atoms with Crippen LogP contribution in [-0.4, -0.2) is 36.6 Å². The Bertz CT molecular complexity index is 807. The molecule has 0 atom stereocenters. The van der Waals surface area contributed by atoms with Gasteiger partial charge in [0.2, 0.25) is 0 Å². The van der Waals surface area contributed by atoms with Gasteiger partial charge in [0.05, 0.1) is 17.1 Å². The monoisotopic (exact) mass is 372 g/mol. The first-order valence-corrected chi connectivity index (χ1v) is 8.40. The zero-order valence-corrected chi connectivity index (χ0v) is 14.8. The lowest BCUT2D eigenvalue weighted by molar-refractivity contribution is -0.385. The quantitative estimate of drug-likeness (QED) is 0.412. The predicted molar refractivity (Wildman–Crippen MR) is 97.7 cm³/mol. The number of carbonyl (C=O) groups is 2. The highest BCUT2D eigenvalue weighted by Gasteiger charge is 2.19. The Morgan fingerprint density at radius 3 is 2.56 bits per heavy atom. The van der Waals surface area contributed by atoms with Gasteiger partial charge in [0.15, 0.2) is 12.4 Å². The van der Waals surface area contributed by atoms with Crippen LogP contribution in [-0.2, 0) is 16.0 Å². The minimum atomic E-state index is -0.820.